The van der Waals surface area contributed by atoms with E-state index in [4.69, 9.17) is 30.5 Å². The van der Waals surface area contributed by atoms with Crippen molar-refractivity contribution in [2.75, 3.05) is 13.2 Å². The molecule has 1 aromatic carbocycles. The lowest BCUT2D eigenvalue weighted by Crippen LogP contribution is -2.32. The molecule has 1 atom stereocenters. The summed E-state index contributed by atoms with van der Waals surface area (Å²) in [6.07, 6.45) is -1.94. The molecule has 3 heterocycles. The van der Waals surface area contributed by atoms with Crippen LogP contribution in [0.25, 0.3) is 10.1 Å². The quantitative estimate of drug-likeness (QED) is 0.0967. The van der Waals surface area contributed by atoms with E-state index in [2.05, 4.69) is 41.9 Å². The maximum Gasteiger partial charge on any atom is 0.392 e. The Hall–Kier alpha value is -2.98. The first-order valence-corrected chi connectivity index (χ1v) is 14.0. The minimum Gasteiger partial charge on any atom is -0.489 e. The number of hydrogen-bond donors (Lipinski definition) is 0. The van der Waals surface area contributed by atoms with Gasteiger partial charge in [0.15, 0.2) is 0 Å². The molecule has 0 bridgehead atoms. The summed E-state index contributed by atoms with van der Waals surface area (Å²) < 4.78 is 64.8. The number of carbonyl (C=O) groups is 1. The third-order valence-electron chi connectivity index (χ3n) is 5.26. The summed E-state index contributed by atoms with van der Waals surface area (Å²) in [5.41, 5.74) is 1.23. The van der Waals surface area contributed by atoms with Gasteiger partial charge in [0.25, 0.3) is 0 Å². The lowest BCUT2D eigenvalue weighted by Gasteiger charge is -2.19. The van der Waals surface area contributed by atoms with Gasteiger partial charge >= 0.3 is 18.2 Å². The zero-order valence-corrected chi connectivity index (χ0v) is 24.5. The molecule has 15 heteroatoms. The van der Waals surface area contributed by atoms with Gasteiger partial charge in [0.1, 0.15) is 24.1 Å². The fourth-order valence-corrected chi connectivity index (χ4v) is 5.08. The second-order valence-corrected chi connectivity index (χ2v) is 10.4. The van der Waals surface area contributed by atoms with Crippen molar-refractivity contribution in [2.45, 2.75) is 38.7 Å². The lowest BCUT2D eigenvalue weighted by atomic mass is 10.1. The van der Waals surface area contributed by atoms with Crippen LogP contribution in [0, 0.1) is 3.57 Å². The van der Waals surface area contributed by atoms with E-state index in [0.717, 1.165) is 4.70 Å². The van der Waals surface area contributed by atoms with Crippen LogP contribution in [0.1, 0.15) is 24.5 Å². The standard InChI is InChI=1S/C25H21ClF3IN4O5S/c1-2-36-23(35)17(39-22-19-18(40-34-22)12-31-21(26)20(19)30)9-15-5-3-4-6-16(15)38-13-14-10-32-24(33-11-14)37-8-7-25(27,28)29/h3-6,10-12,17H,2,7-9,13H2,1H3/t17-/m1/s1. The summed E-state index contributed by atoms with van der Waals surface area (Å²) >= 11 is 9.42. The van der Waals surface area contributed by atoms with Gasteiger partial charge in [-0.05, 0) is 52.7 Å². The molecule has 0 spiro atoms. The van der Waals surface area contributed by atoms with E-state index in [0.29, 0.717) is 31.0 Å². The fraction of sp³-hybridized carbons (Fsp3) is 0.320. The Bertz CT molecular complexity index is 1460. The number of fused-ring (bicyclic) bond motifs is 1. The number of ether oxygens (including phenoxy) is 4. The number of alkyl halides is 3. The van der Waals surface area contributed by atoms with E-state index in [-0.39, 0.29) is 31.5 Å². The van der Waals surface area contributed by atoms with Crippen molar-refractivity contribution in [3.05, 3.63) is 62.7 Å². The van der Waals surface area contributed by atoms with Crippen molar-refractivity contribution in [1.82, 2.24) is 19.3 Å². The summed E-state index contributed by atoms with van der Waals surface area (Å²) in [7, 11) is 0. The van der Waals surface area contributed by atoms with Crippen LogP contribution < -0.4 is 14.2 Å². The zero-order valence-electron chi connectivity index (χ0n) is 20.8. The van der Waals surface area contributed by atoms with Crippen molar-refractivity contribution in [2.24, 2.45) is 0 Å². The summed E-state index contributed by atoms with van der Waals surface area (Å²) in [5.74, 6) is 0.166. The normalized spacial score (nSPS) is 12.2. The molecule has 212 valence electrons. The van der Waals surface area contributed by atoms with E-state index in [1.165, 1.54) is 23.9 Å². The number of carbonyl (C=O) groups excluding carboxylic acids is 1. The van der Waals surface area contributed by atoms with E-state index < -0.39 is 31.3 Å². The van der Waals surface area contributed by atoms with Gasteiger partial charge in [-0.25, -0.2) is 19.7 Å². The molecule has 0 unspecified atom stereocenters. The number of hydrogen-bond acceptors (Lipinski definition) is 10. The van der Waals surface area contributed by atoms with Crippen LogP contribution in [0.2, 0.25) is 5.15 Å². The SMILES string of the molecule is CCOC(=O)[C@@H](Cc1ccccc1OCc1cnc(OCCC(F)(F)F)nc1)Oc1nsc2cnc(Cl)c(I)c12. The Labute approximate surface area is 249 Å². The Morgan fingerprint density at radius 2 is 1.88 bits per heavy atom. The molecule has 0 radical (unpaired) electrons. The Balaban J connectivity index is 1.46. The average molecular weight is 709 g/mol. The zero-order chi connectivity index (χ0) is 28.7. The predicted molar refractivity (Wildman–Crippen MR) is 149 cm³/mol. The highest BCUT2D eigenvalue weighted by molar-refractivity contribution is 14.1. The van der Waals surface area contributed by atoms with Gasteiger partial charge in [-0.2, -0.15) is 17.5 Å². The molecule has 40 heavy (non-hydrogen) atoms. The number of benzene rings is 1. The van der Waals surface area contributed by atoms with Crippen LogP contribution in [0.3, 0.4) is 0 Å². The molecule has 0 amide bonds. The van der Waals surface area contributed by atoms with Crippen molar-refractivity contribution in [3.63, 3.8) is 0 Å². The summed E-state index contributed by atoms with van der Waals surface area (Å²) in [6, 6.07) is 6.94. The first kappa shape index (κ1) is 30.0. The molecular weight excluding hydrogens is 688 g/mol. The molecule has 0 aliphatic rings. The highest BCUT2D eigenvalue weighted by Crippen LogP contribution is 2.36. The van der Waals surface area contributed by atoms with Crippen LogP contribution in [0.4, 0.5) is 13.2 Å². The molecule has 0 aliphatic carbocycles. The average Bonchev–Trinajstić information content (AvgIpc) is 3.33. The minimum atomic E-state index is -4.32. The van der Waals surface area contributed by atoms with Crippen molar-refractivity contribution in [3.8, 4) is 17.6 Å². The van der Waals surface area contributed by atoms with Gasteiger partial charge in [0.2, 0.25) is 12.0 Å². The predicted octanol–water partition coefficient (Wildman–Crippen LogP) is 6.20. The Morgan fingerprint density at radius 3 is 2.60 bits per heavy atom. The Morgan fingerprint density at radius 1 is 1.12 bits per heavy atom. The Kier molecular flexibility index (Phi) is 10.2. The summed E-state index contributed by atoms with van der Waals surface area (Å²) in [5, 5.41) is 0.963. The molecule has 3 aromatic heterocycles. The number of pyridine rings is 1. The summed E-state index contributed by atoms with van der Waals surface area (Å²) in [4.78, 5) is 24.8. The van der Waals surface area contributed by atoms with Crippen LogP contribution in [0.5, 0.6) is 17.6 Å². The fourth-order valence-electron chi connectivity index (χ4n) is 3.40. The van der Waals surface area contributed by atoms with E-state index in [9.17, 15) is 18.0 Å². The minimum absolute atomic E-state index is 0.0607. The van der Waals surface area contributed by atoms with Crippen LogP contribution in [0.15, 0.2) is 42.9 Å². The van der Waals surface area contributed by atoms with Crippen LogP contribution in [-0.2, 0) is 22.6 Å². The molecule has 0 aliphatic heterocycles. The third-order valence-corrected chi connectivity index (χ3v) is 7.68. The van der Waals surface area contributed by atoms with Gasteiger partial charge < -0.3 is 18.9 Å². The number of halogens is 5. The number of rotatable bonds is 12. The maximum absolute atomic E-state index is 12.9. The first-order chi connectivity index (χ1) is 19.1. The second kappa shape index (κ2) is 13.6. The number of esters is 1. The first-order valence-electron chi connectivity index (χ1n) is 11.8. The van der Waals surface area contributed by atoms with Gasteiger partial charge in [-0.1, -0.05) is 29.8 Å². The number of aromatic nitrogens is 4. The number of nitrogens with zero attached hydrogens (tertiary/aromatic N) is 4. The van der Waals surface area contributed by atoms with Crippen molar-refractivity contribution < 1.29 is 36.9 Å². The second-order valence-electron chi connectivity index (χ2n) is 8.14. The highest BCUT2D eigenvalue weighted by Gasteiger charge is 2.28. The van der Waals surface area contributed by atoms with Gasteiger partial charge in [-0.15, -0.1) is 0 Å². The monoisotopic (exact) mass is 708 g/mol. The third kappa shape index (κ3) is 8.04. The van der Waals surface area contributed by atoms with Gasteiger partial charge in [0, 0.05) is 30.6 Å². The van der Waals surface area contributed by atoms with E-state index >= 15 is 0 Å². The van der Waals surface area contributed by atoms with Crippen LogP contribution in [-0.4, -0.2) is 50.8 Å². The van der Waals surface area contributed by atoms with Crippen molar-refractivity contribution in [1.29, 1.82) is 0 Å². The molecule has 0 fully saturated rings. The largest absolute Gasteiger partial charge is 0.489 e. The molecule has 9 nitrogen and oxygen atoms in total. The van der Waals surface area contributed by atoms with Gasteiger partial charge in [0.05, 0.1) is 26.7 Å². The van der Waals surface area contributed by atoms with E-state index in [1.54, 1.807) is 37.4 Å². The van der Waals surface area contributed by atoms with Crippen LogP contribution >= 0.6 is 45.7 Å². The molecule has 0 N–H and O–H groups in total. The summed E-state index contributed by atoms with van der Waals surface area (Å²) in [6.45, 7) is 1.35. The number of para-hydroxylation sites is 1. The topological polar surface area (TPSA) is 106 Å². The molecule has 4 aromatic rings. The molecular formula is C25H21ClF3IN4O5S. The maximum atomic E-state index is 12.9. The van der Waals surface area contributed by atoms with Crippen molar-refractivity contribution >= 4 is 61.8 Å². The van der Waals surface area contributed by atoms with E-state index in [1.807, 2.05) is 0 Å². The molecule has 0 saturated carbocycles. The molecule has 4 rings (SSSR count). The smallest absolute Gasteiger partial charge is 0.392 e. The molecule has 0 saturated heterocycles. The van der Waals surface area contributed by atoms with Gasteiger partial charge in [-0.3, -0.25) is 0 Å². The highest BCUT2D eigenvalue weighted by atomic mass is 127. The lowest BCUT2D eigenvalue weighted by molar-refractivity contribution is -0.151.